The average molecular weight is 553 g/mol. The summed E-state index contributed by atoms with van der Waals surface area (Å²) in [7, 11) is 0. The Kier molecular flexibility index (Phi) is 10.3. The molecule has 2 aromatic heterocycles. The minimum atomic E-state index is -0.518. The first-order valence-electron chi connectivity index (χ1n) is 10.8. The molecule has 9 nitrogen and oxygen atoms in total. The molecule has 4 rings (SSSR count). The smallest absolute Gasteiger partial charge is 0.342 e. The predicted molar refractivity (Wildman–Crippen MR) is 138 cm³/mol. The Bertz CT molecular complexity index is 1260. The third-order valence-electron chi connectivity index (χ3n) is 5.15. The molecular formula is C24H24Cl3N5O4. The van der Waals surface area contributed by atoms with E-state index in [1.54, 1.807) is 25.5 Å². The van der Waals surface area contributed by atoms with Gasteiger partial charge in [0.2, 0.25) is 0 Å². The van der Waals surface area contributed by atoms with E-state index in [4.69, 9.17) is 44.6 Å². The zero-order valence-corrected chi connectivity index (χ0v) is 21.6. The molecule has 0 radical (unpaired) electrons. The molecule has 0 amide bonds. The maximum atomic E-state index is 10.4. The lowest BCUT2D eigenvalue weighted by Gasteiger charge is -2.20. The van der Waals surface area contributed by atoms with Crippen LogP contribution in [0.1, 0.15) is 23.1 Å². The first kappa shape index (κ1) is 27.6. The normalized spacial score (nSPS) is 11.6. The van der Waals surface area contributed by atoms with E-state index in [9.17, 15) is 10.1 Å². The fraction of sp³-hybridized carbons (Fsp3) is 0.250. The Morgan fingerprint density at radius 2 is 1.86 bits per heavy atom. The SMILES string of the molecule is Cc1ncc([N+](=O)[O-])n1CCO.Clc1ccc(COC(Cn2ccnc2)c2ccc(Cl)cc2Cl)cc1. The summed E-state index contributed by atoms with van der Waals surface area (Å²) < 4.78 is 9.45. The molecule has 0 saturated heterocycles. The minimum absolute atomic E-state index is 0.0819. The summed E-state index contributed by atoms with van der Waals surface area (Å²) in [5, 5.41) is 20.9. The third-order valence-corrected chi connectivity index (χ3v) is 5.97. The number of aliphatic hydroxyl groups is 1. The Hall–Kier alpha value is -2.95. The van der Waals surface area contributed by atoms with Gasteiger partial charge in [-0.2, -0.15) is 0 Å². The number of aliphatic hydroxyl groups excluding tert-OH is 1. The van der Waals surface area contributed by atoms with Crippen LogP contribution in [0, 0.1) is 17.0 Å². The van der Waals surface area contributed by atoms with Crippen LogP contribution in [0.2, 0.25) is 15.1 Å². The van der Waals surface area contributed by atoms with E-state index in [-0.39, 0.29) is 25.1 Å². The molecule has 190 valence electrons. The van der Waals surface area contributed by atoms with Crippen LogP contribution in [-0.2, 0) is 24.4 Å². The van der Waals surface area contributed by atoms with Gasteiger partial charge in [0.25, 0.3) is 0 Å². The lowest BCUT2D eigenvalue weighted by molar-refractivity contribution is -0.392. The maximum Gasteiger partial charge on any atom is 0.342 e. The zero-order chi connectivity index (χ0) is 26.1. The van der Waals surface area contributed by atoms with E-state index in [0.29, 0.717) is 34.0 Å². The van der Waals surface area contributed by atoms with Crippen LogP contribution >= 0.6 is 34.8 Å². The Morgan fingerprint density at radius 3 is 2.47 bits per heavy atom. The highest BCUT2D eigenvalue weighted by molar-refractivity contribution is 6.35. The number of halogens is 3. The van der Waals surface area contributed by atoms with Crippen LogP contribution in [0.4, 0.5) is 5.82 Å². The van der Waals surface area contributed by atoms with Gasteiger partial charge in [-0.1, -0.05) is 53.0 Å². The van der Waals surface area contributed by atoms with Gasteiger partial charge >= 0.3 is 5.82 Å². The number of aromatic nitrogens is 4. The van der Waals surface area contributed by atoms with Gasteiger partial charge in [-0.25, -0.2) is 14.5 Å². The lowest BCUT2D eigenvalue weighted by atomic mass is 10.1. The van der Waals surface area contributed by atoms with E-state index in [2.05, 4.69) is 9.97 Å². The molecule has 0 aliphatic heterocycles. The summed E-state index contributed by atoms with van der Waals surface area (Å²) in [6, 6.07) is 13.0. The number of hydrogen-bond acceptors (Lipinski definition) is 6. The number of imidazole rings is 2. The maximum absolute atomic E-state index is 10.4. The largest absolute Gasteiger partial charge is 0.392 e. The van der Waals surface area contributed by atoms with E-state index in [0.717, 1.165) is 11.1 Å². The third kappa shape index (κ3) is 7.78. The highest BCUT2D eigenvalue weighted by Gasteiger charge is 2.17. The van der Waals surface area contributed by atoms with Gasteiger partial charge in [0.05, 0.1) is 26.1 Å². The molecule has 0 aliphatic rings. The van der Waals surface area contributed by atoms with Crippen LogP contribution in [0.3, 0.4) is 0 Å². The average Bonchev–Trinajstić information content (AvgIpc) is 3.49. The monoisotopic (exact) mass is 551 g/mol. The van der Waals surface area contributed by atoms with Gasteiger partial charge in [-0.05, 0) is 34.8 Å². The molecule has 0 saturated carbocycles. The number of nitro groups is 1. The van der Waals surface area contributed by atoms with E-state index in [1.165, 1.54) is 10.8 Å². The van der Waals surface area contributed by atoms with Gasteiger partial charge in [0.1, 0.15) is 18.8 Å². The Labute approximate surface area is 223 Å². The molecule has 0 aliphatic carbocycles. The van der Waals surface area contributed by atoms with E-state index < -0.39 is 4.92 Å². The molecule has 2 heterocycles. The van der Waals surface area contributed by atoms with E-state index in [1.807, 2.05) is 47.2 Å². The van der Waals surface area contributed by atoms with Gasteiger partial charge in [-0.3, -0.25) is 0 Å². The van der Waals surface area contributed by atoms with Crippen molar-refractivity contribution in [3.8, 4) is 0 Å². The van der Waals surface area contributed by atoms with Crippen molar-refractivity contribution in [1.29, 1.82) is 0 Å². The number of benzene rings is 2. The van der Waals surface area contributed by atoms with Crippen molar-refractivity contribution in [3.63, 3.8) is 0 Å². The summed E-state index contributed by atoms with van der Waals surface area (Å²) in [5.41, 5.74) is 1.93. The number of nitrogens with zero attached hydrogens (tertiary/aromatic N) is 5. The fourth-order valence-electron chi connectivity index (χ4n) is 3.35. The number of rotatable bonds is 9. The molecular weight excluding hydrogens is 529 g/mol. The Morgan fingerprint density at radius 1 is 1.14 bits per heavy atom. The summed E-state index contributed by atoms with van der Waals surface area (Å²) in [6.45, 7) is 2.80. The highest BCUT2D eigenvalue weighted by atomic mass is 35.5. The number of hydrogen-bond donors (Lipinski definition) is 1. The summed E-state index contributed by atoms with van der Waals surface area (Å²) in [5.74, 6) is 0.456. The molecule has 1 atom stereocenters. The summed E-state index contributed by atoms with van der Waals surface area (Å²) in [6.07, 6.45) is 6.34. The molecule has 0 fully saturated rings. The molecule has 1 N–H and O–H groups in total. The number of aryl methyl sites for hydroxylation is 1. The molecule has 4 aromatic rings. The van der Waals surface area contributed by atoms with Gasteiger partial charge in [0, 0.05) is 39.9 Å². The zero-order valence-electron chi connectivity index (χ0n) is 19.3. The van der Waals surface area contributed by atoms with Crippen LogP contribution < -0.4 is 0 Å². The van der Waals surface area contributed by atoms with E-state index >= 15 is 0 Å². The van der Waals surface area contributed by atoms with Gasteiger partial charge in [0.15, 0.2) is 5.82 Å². The lowest BCUT2D eigenvalue weighted by Crippen LogP contribution is -2.12. The first-order chi connectivity index (χ1) is 17.3. The summed E-state index contributed by atoms with van der Waals surface area (Å²) >= 11 is 18.3. The van der Waals surface area contributed by atoms with Crippen molar-refractivity contribution in [2.24, 2.45) is 0 Å². The second-order valence-corrected chi connectivity index (χ2v) is 8.93. The van der Waals surface area contributed by atoms with Crippen molar-refractivity contribution in [3.05, 3.63) is 110 Å². The van der Waals surface area contributed by atoms with Crippen molar-refractivity contribution in [2.75, 3.05) is 6.61 Å². The second-order valence-electron chi connectivity index (χ2n) is 7.65. The molecule has 12 heteroatoms. The van der Waals surface area contributed by atoms with Crippen LogP contribution in [0.25, 0.3) is 0 Å². The van der Waals surface area contributed by atoms with Crippen LogP contribution in [0.15, 0.2) is 67.4 Å². The quantitative estimate of drug-likeness (QED) is 0.205. The van der Waals surface area contributed by atoms with Crippen molar-refractivity contribution >= 4 is 40.6 Å². The predicted octanol–water partition coefficient (Wildman–Crippen LogP) is 5.89. The number of ether oxygens (including phenoxy) is 1. The molecule has 2 aromatic carbocycles. The molecule has 0 spiro atoms. The second kappa shape index (κ2) is 13.4. The van der Waals surface area contributed by atoms with Crippen molar-refractivity contribution in [2.45, 2.75) is 32.7 Å². The molecule has 1 unspecified atom stereocenters. The topological polar surface area (TPSA) is 108 Å². The van der Waals surface area contributed by atoms with Gasteiger partial charge in [-0.15, -0.1) is 0 Å². The molecule has 36 heavy (non-hydrogen) atoms. The van der Waals surface area contributed by atoms with Crippen LogP contribution in [0.5, 0.6) is 0 Å². The standard InChI is InChI=1S/C18H15Cl3N2O.C6H9N3O3/c19-14-3-1-13(2-4-14)11-24-18(10-23-8-7-22-12-23)16-6-5-15(20)9-17(16)21;1-5-7-4-6(9(11)12)8(5)2-3-10/h1-9,12,18H,10-11H2;4,10H,2-3H2,1H3. The molecule has 0 bridgehead atoms. The van der Waals surface area contributed by atoms with Crippen molar-refractivity contribution in [1.82, 2.24) is 19.1 Å². The van der Waals surface area contributed by atoms with Crippen molar-refractivity contribution < 1.29 is 14.8 Å². The van der Waals surface area contributed by atoms with Gasteiger partial charge < -0.3 is 24.5 Å². The fourth-order valence-corrected chi connectivity index (χ4v) is 4.00. The highest BCUT2D eigenvalue weighted by Crippen LogP contribution is 2.30. The summed E-state index contributed by atoms with van der Waals surface area (Å²) in [4.78, 5) is 17.7. The van der Waals surface area contributed by atoms with Crippen LogP contribution in [-0.4, -0.2) is 35.7 Å². The Balaban J connectivity index is 0.000000253. The minimum Gasteiger partial charge on any atom is -0.392 e. The first-order valence-corrected chi connectivity index (χ1v) is 12.0.